The highest BCUT2D eigenvalue weighted by Crippen LogP contribution is 2.22. The van der Waals surface area contributed by atoms with Crippen LogP contribution in [0.3, 0.4) is 0 Å². The number of benzene rings is 1. The summed E-state index contributed by atoms with van der Waals surface area (Å²) in [6.07, 6.45) is 3.48. The number of nitrogen functional groups attached to an aromatic ring is 1. The quantitative estimate of drug-likeness (QED) is 0.746. The summed E-state index contributed by atoms with van der Waals surface area (Å²) >= 11 is 0. The van der Waals surface area contributed by atoms with Crippen LogP contribution >= 0.6 is 0 Å². The number of nitrogens with zero attached hydrogens (tertiary/aromatic N) is 1. The maximum atomic E-state index is 5.67. The highest BCUT2D eigenvalue weighted by atomic mass is 15.1. The van der Waals surface area contributed by atoms with Crippen LogP contribution in [-0.4, -0.2) is 24.5 Å². The van der Waals surface area contributed by atoms with Crippen molar-refractivity contribution in [1.29, 1.82) is 0 Å². The van der Waals surface area contributed by atoms with Crippen molar-refractivity contribution >= 4 is 11.3 Å². The van der Waals surface area contributed by atoms with Crippen LogP contribution in [0.15, 0.2) is 30.3 Å². The summed E-state index contributed by atoms with van der Waals surface area (Å²) in [7, 11) is 0. The van der Waals surface area contributed by atoms with E-state index in [2.05, 4.69) is 30.0 Å². The second kappa shape index (κ2) is 4.49. The Balaban J connectivity index is 2.12. The van der Waals surface area contributed by atoms with Gasteiger partial charge in [0, 0.05) is 18.8 Å². The van der Waals surface area contributed by atoms with Gasteiger partial charge >= 0.3 is 0 Å². The minimum Gasteiger partial charge on any atom is -0.399 e. The van der Waals surface area contributed by atoms with Crippen molar-refractivity contribution in [2.45, 2.75) is 13.3 Å². The molecule has 80 valence electrons. The highest BCUT2D eigenvalue weighted by Gasteiger charge is 2.10. The zero-order valence-electron chi connectivity index (χ0n) is 9.24. The molecule has 15 heavy (non-hydrogen) atoms. The summed E-state index contributed by atoms with van der Waals surface area (Å²) in [6.45, 7) is 5.61. The molecule has 0 atom stereocenters. The van der Waals surface area contributed by atoms with Crippen molar-refractivity contribution in [2.24, 2.45) is 0 Å². The van der Waals surface area contributed by atoms with Crippen molar-refractivity contribution in [3.63, 3.8) is 0 Å². The number of nitrogens with two attached hydrogens (primary N) is 1. The van der Waals surface area contributed by atoms with E-state index in [9.17, 15) is 0 Å². The summed E-state index contributed by atoms with van der Waals surface area (Å²) in [5.74, 6) is 0. The molecule has 1 aromatic rings. The highest BCUT2D eigenvalue weighted by molar-refractivity contribution is 5.67. The molecule has 0 saturated carbocycles. The van der Waals surface area contributed by atoms with E-state index >= 15 is 0 Å². The molecule has 1 aliphatic rings. The van der Waals surface area contributed by atoms with E-state index in [1.54, 1.807) is 0 Å². The van der Waals surface area contributed by atoms with Crippen LogP contribution in [0.4, 0.5) is 5.69 Å². The van der Waals surface area contributed by atoms with E-state index in [4.69, 9.17) is 5.73 Å². The second-order valence-corrected chi connectivity index (χ2v) is 3.99. The molecule has 0 aliphatic carbocycles. The molecule has 0 radical (unpaired) electrons. The molecular weight excluding hydrogens is 184 g/mol. The molecule has 0 fully saturated rings. The van der Waals surface area contributed by atoms with Crippen molar-refractivity contribution in [3.8, 4) is 0 Å². The predicted octanol–water partition coefficient (Wildman–Crippen LogP) is 2.38. The van der Waals surface area contributed by atoms with Crippen molar-refractivity contribution < 1.29 is 0 Å². The van der Waals surface area contributed by atoms with Gasteiger partial charge in [0.05, 0.1) is 0 Å². The van der Waals surface area contributed by atoms with Crippen LogP contribution in [0.5, 0.6) is 0 Å². The van der Waals surface area contributed by atoms with Gasteiger partial charge in [-0.1, -0.05) is 25.1 Å². The average molecular weight is 202 g/mol. The molecule has 2 heteroatoms. The van der Waals surface area contributed by atoms with E-state index in [0.717, 1.165) is 25.2 Å². The fourth-order valence-corrected chi connectivity index (χ4v) is 1.96. The van der Waals surface area contributed by atoms with Gasteiger partial charge in [0.2, 0.25) is 0 Å². The van der Waals surface area contributed by atoms with Crippen LogP contribution < -0.4 is 5.73 Å². The first-order valence-electron chi connectivity index (χ1n) is 5.57. The topological polar surface area (TPSA) is 29.3 Å². The number of hydrogen-bond acceptors (Lipinski definition) is 2. The fraction of sp³-hybridized carbons (Fsp3) is 0.385. The normalized spacial score (nSPS) is 17.5. The van der Waals surface area contributed by atoms with Crippen LogP contribution in [-0.2, 0) is 0 Å². The number of likely N-dealkylation sites (N-methyl/N-ethyl adjacent to an activating group) is 1. The number of anilines is 1. The SMILES string of the molecule is CCN1CC=C(c2ccc(N)cc2)CC1. The van der Waals surface area contributed by atoms with Gasteiger partial charge in [-0.25, -0.2) is 0 Å². The molecule has 0 aromatic heterocycles. The Labute approximate surface area is 91.4 Å². The van der Waals surface area contributed by atoms with Gasteiger partial charge < -0.3 is 5.73 Å². The Morgan fingerprint density at radius 2 is 2.00 bits per heavy atom. The molecule has 0 bridgehead atoms. The molecule has 0 saturated heterocycles. The van der Waals surface area contributed by atoms with Gasteiger partial charge in [-0.05, 0) is 36.2 Å². The third-order valence-electron chi connectivity index (χ3n) is 3.02. The lowest BCUT2D eigenvalue weighted by Gasteiger charge is -2.24. The minimum absolute atomic E-state index is 0.838. The molecular formula is C13H18N2. The summed E-state index contributed by atoms with van der Waals surface area (Å²) in [6, 6.07) is 8.18. The monoisotopic (exact) mass is 202 g/mol. The van der Waals surface area contributed by atoms with Gasteiger partial charge in [-0.3, -0.25) is 4.90 Å². The third-order valence-corrected chi connectivity index (χ3v) is 3.02. The van der Waals surface area contributed by atoms with Gasteiger partial charge in [-0.2, -0.15) is 0 Å². The predicted molar refractivity (Wildman–Crippen MR) is 65.6 cm³/mol. The number of rotatable bonds is 2. The molecule has 2 rings (SSSR count). The average Bonchev–Trinajstić information content (AvgIpc) is 2.30. The van der Waals surface area contributed by atoms with Gasteiger partial charge in [-0.15, -0.1) is 0 Å². The summed E-state index contributed by atoms with van der Waals surface area (Å²) in [4.78, 5) is 2.45. The zero-order valence-corrected chi connectivity index (χ0v) is 9.24. The molecule has 1 heterocycles. The smallest absolute Gasteiger partial charge is 0.0314 e. The van der Waals surface area contributed by atoms with Gasteiger partial charge in [0.1, 0.15) is 0 Å². The Morgan fingerprint density at radius 3 is 2.53 bits per heavy atom. The Morgan fingerprint density at radius 1 is 1.27 bits per heavy atom. The van der Waals surface area contributed by atoms with E-state index < -0.39 is 0 Å². The third kappa shape index (κ3) is 2.39. The van der Waals surface area contributed by atoms with E-state index in [0.29, 0.717) is 0 Å². The maximum absolute atomic E-state index is 5.67. The van der Waals surface area contributed by atoms with Crippen LogP contribution in [0.25, 0.3) is 5.57 Å². The Kier molecular flexibility index (Phi) is 3.07. The molecule has 2 nitrogen and oxygen atoms in total. The maximum Gasteiger partial charge on any atom is 0.0314 e. The Bertz CT molecular complexity index is 351. The minimum atomic E-state index is 0.838. The number of hydrogen-bond donors (Lipinski definition) is 1. The first-order valence-corrected chi connectivity index (χ1v) is 5.57. The molecule has 2 N–H and O–H groups in total. The zero-order chi connectivity index (χ0) is 10.7. The van der Waals surface area contributed by atoms with E-state index in [-0.39, 0.29) is 0 Å². The van der Waals surface area contributed by atoms with Gasteiger partial charge in [0.15, 0.2) is 0 Å². The van der Waals surface area contributed by atoms with Crippen LogP contribution in [0, 0.1) is 0 Å². The van der Waals surface area contributed by atoms with Crippen molar-refractivity contribution in [2.75, 3.05) is 25.4 Å². The molecule has 1 aromatic carbocycles. The van der Waals surface area contributed by atoms with Crippen LogP contribution in [0.2, 0.25) is 0 Å². The standard InChI is InChI=1S/C13H18N2/c1-2-15-9-7-12(8-10-15)11-3-5-13(14)6-4-11/h3-7H,2,8-10,14H2,1H3. The molecule has 0 amide bonds. The largest absolute Gasteiger partial charge is 0.399 e. The van der Waals surface area contributed by atoms with Gasteiger partial charge in [0.25, 0.3) is 0 Å². The summed E-state index contributed by atoms with van der Waals surface area (Å²) in [5.41, 5.74) is 9.29. The van der Waals surface area contributed by atoms with Crippen molar-refractivity contribution in [3.05, 3.63) is 35.9 Å². The van der Waals surface area contributed by atoms with E-state index in [1.165, 1.54) is 17.7 Å². The van der Waals surface area contributed by atoms with Crippen LogP contribution in [0.1, 0.15) is 18.9 Å². The summed E-state index contributed by atoms with van der Waals surface area (Å²) in [5, 5.41) is 0. The molecule has 1 aliphatic heterocycles. The first-order chi connectivity index (χ1) is 7.29. The summed E-state index contributed by atoms with van der Waals surface area (Å²) < 4.78 is 0. The second-order valence-electron chi connectivity index (χ2n) is 3.99. The Hall–Kier alpha value is -1.28. The lowest BCUT2D eigenvalue weighted by Crippen LogP contribution is -2.27. The first kappa shape index (κ1) is 10.2. The lowest BCUT2D eigenvalue weighted by molar-refractivity contribution is 0.319. The van der Waals surface area contributed by atoms with Crippen molar-refractivity contribution in [1.82, 2.24) is 4.90 Å². The van der Waals surface area contributed by atoms with E-state index in [1.807, 2.05) is 12.1 Å². The lowest BCUT2D eigenvalue weighted by atomic mass is 9.99. The molecule has 0 unspecified atom stereocenters. The fourth-order valence-electron chi connectivity index (χ4n) is 1.96. The molecule has 0 spiro atoms.